The van der Waals surface area contributed by atoms with Crippen LogP contribution in [-0.4, -0.2) is 54.0 Å². The third kappa shape index (κ3) is 6.06. The van der Waals surface area contributed by atoms with E-state index in [1.807, 2.05) is 30.3 Å². The topological polar surface area (TPSA) is 105 Å². The summed E-state index contributed by atoms with van der Waals surface area (Å²) in [6.45, 7) is 2.39. The Morgan fingerprint density at radius 3 is 2.64 bits per heavy atom. The van der Waals surface area contributed by atoms with E-state index >= 15 is 0 Å². The molecule has 0 spiro atoms. The Morgan fingerprint density at radius 2 is 2.00 bits per heavy atom. The van der Waals surface area contributed by atoms with Crippen molar-refractivity contribution in [2.24, 2.45) is 0 Å². The summed E-state index contributed by atoms with van der Waals surface area (Å²) < 4.78 is 67.7. The number of nitrogens with zero attached hydrogens (tertiary/aromatic N) is 4. The van der Waals surface area contributed by atoms with Crippen LogP contribution >= 0.6 is 23.1 Å². The van der Waals surface area contributed by atoms with Gasteiger partial charge in [0.05, 0.1) is 15.6 Å². The fraction of sp³-hybridized carbons (Fsp3) is 0.286. The molecular formula is C21H19ClF3N5O4S2. The van der Waals surface area contributed by atoms with E-state index in [0.29, 0.717) is 17.2 Å². The molecule has 0 aliphatic carbocycles. The fourth-order valence-corrected chi connectivity index (χ4v) is 5.79. The average molecular weight is 562 g/mol. The van der Waals surface area contributed by atoms with Gasteiger partial charge in [-0.15, -0.1) is 0 Å². The zero-order valence-electron chi connectivity index (χ0n) is 18.4. The Hall–Kier alpha value is -2.94. The standard InChI is InChI=1S/C21H19ClF3N5O4S2/c22-17-10-16(36(32,33)30(20-26-13-27-35-20)34-19(31)21(23,24)25)6-7-18(17)28-15-8-9-29(12-15)11-14-4-2-1-3-5-14/h1-7,10,13,15,28H,8-9,11-12H2. The molecule has 1 saturated heterocycles. The summed E-state index contributed by atoms with van der Waals surface area (Å²) in [5.41, 5.74) is 1.65. The maximum atomic E-state index is 13.1. The Labute approximate surface area is 213 Å². The van der Waals surface area contributed by atoms with Gasteiger partial charge >= 0.3 is 12.1 Å². The van der Waals surface area contributed by atoms with Crippen LogP contribution in [0.5, 0.6) is 0 Å². The van der Waals surface area contributed by atoms with Crippen LogP contribution in [0.15, 0.2) is 59.8 Å². The highest BCUT2D eigenvalue weighted by Gasteiger charge is 2.45. The van der Waals surface area contributed by atoms with Crippen molar-refractivity contribution >= 4 is 49.9 Å². The number of aromatic nitrogens is 2. The predicted octanol–water partition coefficient (Wildman–Crippen LogP) is 4.09. The second-order valence-corrected chi connectivity index (χ2v) is 10.7. The number of halogens is 4. The van der Waals surface area contributed by atoms with Crippen molar-refractivity contribution in [2.75, 3.05) is 22.9 Å². The number of alkyl halides is 3. The maximum Gasteiger partial charge on any atom is 0.493 e. The van der Waals surface area contributed by atoms with Crippen molar-refractivity contribution in [2.45, 2.75) is 30.1 Å². The highest BCUT2D eigenvalue weighted by molar-refractivity contribution is 7.92. The Kier molecular flexibility index (Phi) is 7.68. The van der Waals surface area contributed by atoms with Gasteiger partial charge in [0.15, 0.2) is 0 Å². The predicted molar refractivity (Wildman–Crippen MR) is 127 cm³/mol. The Balaban J connectivity index is 1.48. The van der Waals surface area contributed by atoms with Crippen molar-refractivity contribution < 1.29 is 31.2 Å². The smallest absolute Gasteiger partial charge is 0.380 e. The van der Waals surface area contributed by atoms with Crippen molar-refractivity contribution in [1.82, 2.24) is 14.3 Å². The van der Waals surface area contributed by atoms with Gasteiger partial charge in [-0.3, -0.25) is 4.90 Å². The van der Waals surface area contributed by atoms with E-state index in [9.17, 15) is 26.4 Å². The first-order chi connectivity index (χ1) is 17.0. The lowest BCUT2D eigenvalue weighted by Crippen LogP contribution is -2.38. The van der Waals surface area contributed by atoms with Gasteiger partial charge in [0, 0.05) is 37.2 Å². The van der Waals surface area contributed by atoms with E-state index < -0.39 is 32.2 Å². The molecule has 1 N–H and O–H groups in total. The van der Waals surface area contributed by atoms with Gasteiger partial charge in [-0.2, -0.15) is 26.0 Å². The number of nitrogens with one attached hydrogen (secondary N) is 1. The van der Waals surface area contributed by atoms with Gasteiger partial charge in [0.25, 0.3) is 15.2 Å². The van der Waals surface area contributed by atoms with Crippen LogP contribution in [-0.2, 0) is 26.2 Å². The number of rotatable bonds is 8. The molecule has 2 aromatic carbocycles. The minimum Gasteiger partial charge on any atom is -0.380 e. The van der Waals surface area contributed by atoms with E-state index in [1.165, 1.54) is 11.6 Å². The molecule has 4 rings (SSSR count). The van der Waals surface area contributed by atoms with Crippen LogP contribution in [0.1, 0.15) is 12.0 Å². The molecule has 192 valence electrons. The summed E-state index contributed by atoms with van der Waals surface area (Å²) in [5, 5.41) is 2.71. The highest BCUT2D eigenvalue weighted by atomic mass is 35.5. The summed E-state index contributed by atoms with van der Waals surface area (Å²) in [5.74, 6) is -2.73. The van der Waals surface area contributed by atoms with E-state index in [-0.39, 0.29) is 15.5 Å². The number of sulfonamides is 1. The number of benzene rings is 2. The van der Waals surface area contributed by atoms with Gasteiger partial charge < -0.3 is 10.2 Å². The number of carbonyl (C=O) groups excluding carboxylic acids is 1. The molecule has 1 aliphatic rings. The second-order valence-electron chi connectivity index (χ2n) is 7.82. The molecule has 0 bridgehead atoms. The highest BCUT2D eigenvalue weighted by Crippen LogP contribution is 2.32. The van der Waals surface area contributed by atoms with E-state index in [2.05, 4.69) is 24.4 Å². The van der Waals surface area contributed by atoms with Crippen LogP contribution < -0.4 is 9.79 Å². The molecule has 1 aromatic heterocycles. The summed E-state index contributed by atoms with van der Waals surface area (Å²) in [4.78, 5) is 20.8. The normalized spacial score (nSPS) is 16.6. The molecule has 3 aromatic rings. The largest absolute Gasteiger partial charge is 0.493 e. The monoisotopic (exact) mass is 561 g/mol. The number of anilines is 2. The molecule has 1 fully saturated rings. The van der Waals surface area contributed by atoms with Crippen molar-refractivity contribution in [3.63, 3.8) is 0 Å². The molecule has 9 nitrogen and oxygen atoms in total. The third-order valence-corrected chi connectivity index (χ3v) is 7.84. The summed E-state index contributed by atoms with van der Waals surface area (Å²) in [6, 6.07) is 13.7. The first kappa shape index (κ1) is 26.1. The maximum absolute atomic E-state index is 13.1. The van der Waals surface area contributed by atoms with Gasteiger partial charge in [-0.25, -0.2) is 9.78 Å². The molecule has 36 heavy (non-hydrogen) atoms. The van der Waals surface area contributed by atoms with Crippen LogP contribution in [0.3, 0.4) is 0 Å². The lowest BCUT2D eigenvalue weighted by atomic mass is 10.2. The third-order valence-electron chi connectivity index (χ3n) is 5.24. The zero-order chi connectivity index (χ0) is 25.9. The van der Waals surface area contributed by atoms with Crippen LogP contribution in [0, 0.1) is 0 Å². The zero-order valence-corrected chi connectivity index (χ0v) is 20.7. The van der Waals surface area contributed by atoms with E-state index in [4.69, 9.17) is 11.6 Å². The SMILES string of the molecule is O=C(ON(c1ncns1)S(=O)(=O)c1ccc(NC2CCN(Cc3ccccc3)C2)c(Cl)c1)C(F)(F)F. The Bertz CT molecular complexity index is 1310. The molecular weight excluding hydrogens is 543 g/mol. The van der Waals surface area contributed by atoms with Gasteiger partial charge in [-0.1, -0.05) is 46.4 Å². The fourth-order valence-electron chi connectivity index (χ4n) is 3.59. The number of carbonyl (C=O) groups is 1. The first-order valence-corrected chi connectivity index (χ1v) is 13.1. The minimum absolute atomic E-state index is 0.0250. The van der Waals surface area contributed by atoms with Crippen molar-refractivity contribution in [1.29, 1.82) is 0 Å². The molecule has 1 aliphatic heterocycles. The minimum atomic E-state index is -5.43. The van der Waals surface area contributed by atoms with Crippen LogP contribution in [0.25, 0.3) is 0 Å². The van der Waals surface area contributed by atoms with E-state index in [0.717, 1.165) is 44.5 Å². The molecule has 0 amide bonds. The quantitative estimate of drug-likeness (QED) is 0.410. The van der Waals surface area contributed by atoms with Gasteiger partial charge in [0.1, 0.15) is 6.33 Å². The average Bonchev–Trinajstić information content (AvgIpc) is 3.51. The van der Waals surface area contributed by atoms with Gasteiger partial charge in [0.2, 0.25) is 0 Å². The van der Waals surface area contributed by atoms with Crippen LogP contribution in [0.4, 0.5) is 24.0 Å². The number of likely N-dealkylation sites (tertiary alicyclic amines) is 1. The number of hydrogen-bond acceptors (Lipinski definition) is 9. The first-order valence-electron chi connectivity index (χ1n) is 10.5. The van der Waals surface area contributed by atoms with Crippen molar-refractivity contribution in [3.05, 3.63) is 65.4 Å². The molecule has 1 unspecified atom stereocenters. The molecule has 2 heterocycles. The van der Waals surface area contributed by atoms with Gasteiger partial charge in [-0.05, 0) is 30.2 Å². The van der Waals surface area contributed by atoms with E-state index in [1.54, 1.807) is 0 Å². The lowest BCUT2D eigenvalue weighted by molar-refractivity contribution is -0.199. The molecule has 0 saturated carbocycles. The van der Waals surface area contributed by atoms with Crippen LogP contribution in [0.2, 0.25) is 5.02 Å². The summed E-state index contributed by atoms with van der Waals surface area (Å²) in [6.07, 6.45) is -3.69. The molecule has 1 atom stereocenters. The van der Waals surface area contributed by atoms with Crippen molar-refractivity contribution in [3.8, 4) is 0 Å². The molecule has 0 radical (unpaired) electrons. The number of hydrogen-bond donors (Lipinski definition) is 1. The lowest BCUT2D eigenvalue weighted by Gasteiger charge is -2.21. The summed E-state index contributed by atoms with van der Waals surface area (Å²) in [7, 11) is -4.81. The second kappa shape index (κ2) is 10.6. The Morgan fingerprint density at radius 1 is 1.25 bits per heavy atom. The summed E-state index contributed by atoms with van der Waals surface area (Å²) >= 11 is 6.74. The molecule has 15 heteroatoms.